The predicted octanol–water partition coefficient (Wildman–Crippen LogP) is 2.71. The molecule has 0 atom stereocenters. The molecule has 0 unspecified atom stereocenters. The van der Waals surface area contributed by atoms with Gasteiger partial charge in [0, 0.05) is 5.92 Å². The van der Waals surface area contributed by atoms with Crippen LogP contribution in [0.3, 0.4) is 0 Å². The van der Waals surface area contributed by atoms with E-state index >= 15 is 0 Å². The third-order valence-corrected chi connectivity index (χ3v) is 2.65. The molecule has 4 nitrogen and oxygen atoms in total. The summed E-state index contributed by atoms with van der Waals surface area (Å²) in [4.78, 5) is 3.40. The van der Waals surface area contributed by atoms with E-state index in [1.54, 1.807) is 0 Å². The van der Waals surface area contributed by atoms with E-state index in [1.165, 1.54) is 7.05 Å². The molecule has 0 amide bonds. The summed E-state index contributed by atoms with van der Waals surface area (Å²) >= 11 is 0. The van der Waals surface area contributed by atoms with Crippen molar-refractivity contribution in [1.29, 1.82) is 0 Å². The van der Waals surface area contributed by atoms with Crippen molar-refractivity contribution < 1.29 is 17.7 Å². The first-order valence-electron chi connectivity index (χ1n) is 5.56. The Bertz CT molecular complexity index is 332. The number of halogens is 3. The molecule has 1 aliphatic rings. The van der Waals surface area contributed by atoms with Gasteiger partial charge in [-0.3, -0.25) is 0 Å². The van der Waals surface area contributed by atoms with Gasteiger partial charge < -0.3 is 10.3 Å². The van der Waals surface area contributed by atoms with E-state index < -0.39 is 12.1 Å². The first-order chi connectivity index (χ1) is 8.07. The molecule has 7 heteroatoms. The summed E-state index contributed by atoms with van der Waals surface area (Å²) in [6, 6.07) is 0. The topological polar surface area (TPSA) is 64.9 Å². The van der Waals surface area contributed by atoms with E-state index in [2.05, 4.69) is 20.4 Å². The highest BCUT2D eigenvalue weighted by Crippen LogP contribution is 2.33. The van der Waals surface area contributed by atoms with Gasteiger partial charge in [-0.2, -0.15) is 18.2 Å². The molecule has 0 bridgehead atoms. The maximum atomic E-state index is 12.2. The van der Waals surface area contributed by atoms with E-state index in [0.29, 0.717) is 0 Å². The average molecular weight is 251 g/mol. The Morgan fingerprint density at radius 3 is 2.24 bits per heavy atom. The first-order valence-corrected chi connectivity index (χ1v) is 5.56. The molecule has 2 rings (SSSR count). The number of aromatic nitrogens is 2. The Morgan fingerprint density at radius 2 is 1.76 bits per heavy atom. The van der Waals surface area contributed by atoms with Crippen LogP contribution < -0.4 is 5.73 Å². The molecule has 0 radical (unpaired) electrons. The summed E-state index contributed by atoms with van der Waals surface area (Å²) in [5.74, 6) is -0.983. The number of rotatable bonds is 1. The van der Waals surface area contributed by atoms with Crippen LogP contribution in [0.5, 0.6) is 0 Å². The quantitative estimate of drug-likeness (QED) is 0.833. The molecule has 98 valence electrons. The average Bonchev–Trinajstić information content (AvgIpc) is 2.82. The largest absolute Gasteiger partial charge is 0.471 e. The zero-order valence-corrected chi connectivity index (χ0v) is 9.63. The van der Waals surface area contributed by atoms with Crippen LogP contribution in [-0.4, -0.2) is 17.2 Å². The van der Waals surface area contributed by atoms with Crippen molar-refractivity contribution in [2.45, 2.75) is 44.2 Å². The monoisotopic (exact) mass is 251 g/mol. The van der Waals surface area contributed by atoms with Gasteiger partial charge in [0.15, 0.2) is 5.82 Å². The van der Waals surface area contributed by atoms with Gasteiger partial charge in [0.2, 0.25) is 0 Å². The summed E-state index contributed by atoms with van der Waals surface area (Å²) in [7, 11) is 1.50. The summed E-state index contributed by atoms with van der Waals surface area (Å²) < 4.78 is 40.7. The van der Waals surface area contributed by atoms with E-state index in [4.69, 9.17) is 0 Å². The van der Waals surface area contributed by atoms with E-state index in [0.717, 1.165) is 32.1 Å². The number of nitrogens with two attached hydrogens (primary N) is 1. The summed E-state index contributed by atoms with van der Waals surface area (Å²) in [6.07, 6.45) is 0.384. The van der Waals surface area contributed by atoms with E-state index in [9.17, 15) is 13.2 Å². The molecule has 1 aromatic heterocycles. The lowest BCUT2D eigenvalue weighted by Gasteiger charge is -2.17. The molecule has 1 saturated carbocycles. The highest BCUT2D eigenvalue weighted by Gasteiger charge is 2.39. The zero-order chi connectivity index (χ0) is 12.9. The Hall–Kier alpha value is -1.11. The van der Waals surface area contributed by atoms with Crippen molar-refractivity contribution in [2.75, 3.05) is 7.05 Å². The van der Waals surface area contributed by atoms with Crippen LogP contribution in [0.2, 0.25) is 0 Å². The van der Waals surface area contributed by atoms with Gasteiger partial charge in [-0.25, -0.2) is 0 Å². The fourth-order valence-corrected chi connectivity index (χ4v) is 1.88. The van der Waals surface area contributed by atoms with Gasteiger partial charge >= 0.3 is 12.1 Å². The molecule has 1 aromatic rings. The summed E-state index contributed by atoms with van der Waals surface area (Å²) in [5, 5.41) is 3.40. The zero-order valence-electron chi connectivity index (χ0n) is 9.63. The fourth-order valence-electron chi connectivity index (χ4n) is 1.88. The molecule has 0 spiro atoms. The van der Waals surface area contributed by atoms with Crippen LogP contribution in [0.25, 0.3) is 0 Å². The molecule has 0 saturated heterocycles. The van der Waals surface area contributed by atoms with Crippen molar-refractivity contribution in [3.8, 4) is 0 Å². The molecular formula is C10H16F3N3O. The van der Waals surface area contributed by atoms with Crippen molar-refractivity contribution in [1.82, 2.24) is 10.1 Å². The van der Waals surface area contributed by atoms with E-state index in [1.807, 2.05) is 0 Å². The highest BCUT2D eigenvalue weighted by atomic mass is 19.4. The van der Waals surface area contributed by atoms with Crippen LogP contribution in [-0.2, 0) is 6.18 Å². The Balaban J connectivity index is 0.000000686. The number of alkyl halides is 3. The summed E-state index contributed by atoms with van der Waals surface area (Å²) in [6.45, 7) is 0. The van der Waals surface area contributed by atoms with Crippen molar-refractivity contribution in [3.63, 3.8) is 0 Å². The molecule has 2 N–H and O–H groups in total. The second kappa shape index (κ2) is 6.00. The van der Waals surface area contributed by atoms with Crippen LogP contribution >= 0.6 is 0 Å². The van der Waals surface area contributed by atoms with Crippen molar-refractivity contribution >= 4 is 0 Å². The molecule has 1 aliphatic carbocycles. The van der Waals surface area contributed by atoms with Crippen molar-refractivity contribution in [3.05, 3.63) is 11.7 Å². The van der Waals surface area contributed by atoms with Crippen LogP contribution in [0.15, 0.2) is 4.52 Å². The minimum atomic E-state index is -4.53. The molecule has 0 aliphatic heterocycles. The molecule has 17 heavy (non-hydrogen) atoms. The van der Waals surface area contributed by atoms with Gasteiger partial charge in [0.1, 0.15) is 0 Å². The Morgan fingerprint density at radius 1 is 1.18 bits per heavy atom. The van der Waals surface area contributed by atoms with E-state index in [-0.39, 0.29) is 11.7 Å². The highest BCUT2D eigenvalue weighted by molar-refractivity contribution is 4.98. The lowest BCUT2D eigenvalue weighted by atomic mass is 9.89. The van der Waals surface area contributed by atoms with Gasteiger partial charge in [0.25, 0.3) is 0 Å². The third kappa shape index (κ3) is 3.69. The number of nitrogens with zero attached hydrogens (tertiary/aromatic N) is 2. The van der Waals surface area contributed by atoms with Gasteiger partial charge in [-0.05, 0) is 19.9 Å². The smallest absolute Gasteiger partial charge is 0.333 e. The fraction of sp³-hybridized carbons (Fsp3) is 0.800. The Labute approximate surface area is 97.4 Å². The minimum Gasteiger partial charge on any atom is -0.333 e. The minimum absolute atomic E-state index is 0.0404. The van der Waals surface area contributed by atoms with Gasteiger partial charge in [-0.1, -0.05) is 24.4 Å². The second-order valence-electron chi connectivity index (χ2n) is 3.79. The van der Waals surface area contributed by atoms with Crippen LogP contribution in [0, 0.1) is 0 Å². The molecule has 1 fully saturated rings. The Kier molecular flexibility index (Phi) is 4.92. The standard InChI is InChI=1S/C9H11F3N2O.CH5N/c10-9(11,12)8-13-7(14-15-8)6-4-2-1-3-5-6;1-2/h6H,1-5H2;2H2,1H3. The first kappa shape index (κ1) is 14.0. The molecule has 0 aromatic carbocycles. The lowest BCUT2D eigenvalue weighted by molar-refractivity contribution is -0.159. The van der Waals surface area contributed by atoms with Gasteiger partial charge in [0.05, 0.1) is 0 Å². The van der Waals surface area contributed by atoms with Crippen LogP contribution in [0.4, 0.5) is 13.2 Å². The molecular weight excluding hydrogens is 235 g/mol. The lowest BCUT2D eigenvalue weighted by Crippen LogP contribution is -2.08. The van der Waals surface area contributed by atoms with Crippen molar-refractivity contribution in [2.24, 2.45) is 5.73 Å². The maximum absolute atomic E-state index is 12.2. The maximum Gasteiger partial charge on any atom is 0.471 e. The third-order valence-electron chi connectivity index (χ3n) is 2.65. The summed E-state index contributed by atoms with van der Waals surface area (Å²) in [5.41, 5.74) is 4.50. The molecule has 1 heterocycles. The van der Waals surface area contributed by atoms with Gasteiger partial charge in [-0.15, -0.1) is 0 Å². The number of hydrogen-bond acceptors (Lipinski definition) is 4. The second-order valence-corrected chi connectivity index (χ2v) is 3.79. The SMILES string of the molecule is CN.FC(F)(F)c1nc(C2CCCCC2)no1. The van der Waals surface area contributed by atoms with Crippen LogP contribution in [0.1, 0.15) is 49.7 Å². The normalized spacial score (nSPS) is 17.5. The number of hydrogen-bond donors (Lipinski definition) is 1. The predicted molar refractivity (Wildman–Crippen MR) is 55.2 cm³/mol.